The third-order valence-corrected chi connectivity index (χ3v) is 3.76. The van der Waals surface area contributed by atoms with E-state index in [1.165, 1.54) is 36.4 Å². The Morgan fingerprint density at radius 3 is 2.27 bits per heavy atom. The monoisotopic (exact) mass is 302 g/mol. The average Bonchev–Trinajstić information content (AvgIpc) is 3.02. The molecule has 1 saturated heterocycles. The van der Waals surface area contributed by atoms with Crippen LogP contribution in [0.3, 0.4) is 0 Å². The van der Waals surface area contributed by atoms with Crippen molar-refractivity contribution in [2.24, 2.45) is 0 Å². The van der Waals surface area contributed by atoms with E-state index in [9.17, 15) is 13.6 Å². The van der Waals surface area contributed by atoms with Crippen molar-refractivity contribution in [3.8, 4) is 0 Å². The molecule has 1 fully saturated rings. The highest BCUT2D eigenvalue weighted by Gasteiger charge is 2.18. The molecule has 0 spiro atoms. The summed E-state index contributed by atoms with van der Waals surface area (Å²) in [4.78, 5) is 14.4. The van der Waals surface area contributed by atoms with Gasteiger partial charge in [0.05, 0.1) is 11.4 Å². The standard InChI is InChI=1S/C17H16F2N2O/c18-13-5-3-12(4-6-13)17(22)20-15-11-14(19)7-8-16(15)21-9-1-2-10-21/h3-8,11H,1-2,9-10H2,(H,20,22). The number of carbonyl (C=O) groups excluding carboxylic acids is 1. The van der Waals surface area contributed by atoms with Gasteiger partial charge in [0.2, 0.25) is 0 Å². The van der Waals surface area contributed by atoms with Crippen molar-refractivity contribution in [1.82, 2.24) is 0 Å². The van der Waals surface area contributed by atoms with E-state index in [1.54, 1.807) is 6.07 Å². The molecule has 3 nitrogen and oxygen atoms in total. The molecule has 0 aromatic heterocycles. The van der Waals surface area contributed by atoms with Crippen molar-refractivity contribution in [1.29, 1.82) is 0 Å². The van der Waals surface area contributed by atoms with Crippen LogP contribution in [0.5, 0.6) is 0 Å². The third-order valence-electron chi connectivity index (χ3n) is 3.76. The van der Waals surface area contributed by atoms with Gasteiger partial charge >= 0.3 is 0 Å². The first-order chi connectivity index (χ1) is 10.6. The zero-order chi connectivity index (χ0) is 15.5. The van der Waals surface area contributed by atoms with Gasteiger partial charge in [-0.15, -0.1) is 0 Å². The fraction of sp³-hybridized carbons (Fsp3) is 0.235. The summed E-state index contributed by atoms with van der Waals surface area (Å²) in [5.41, 5.74) is 1.59. The normalized spacial score (nSPS) is 14.2. The van der Waals surface area contributed by atoms with Gasteiger partial charge in [-0.05, 0) is 55.3 Å². The highest BCUT2D eigenvalue weighted by Crippen LogP contribution is 2.30. The number of hydrogen-bond donors (Lipinski definition) is 1. The largest absolute Gasteiger partial charge is 0.370 e. The van der Waals surface area contributed by atoms with Crippen LogP contribution in [0.25, 0.3) is 0 Å². The molecule has 1 N–H and O–H groups in total. The van der Waals surface area contributed by atoms with Crippen LogP contribution in [0, 0.1) is 11.6 Å². The lowest BCUT2D eigenvalue weighted by Gasteiger charge is -2.21. The van der Waals surface area contributed by atoms with E-state index < -0.39 is 11.6 Å². The SMILES string of the molecule is O=C(Nc1cc(F)ccc1N1CCCC1)c1ccc(F)cc1. The lowest BCUT2D eigenvalue weighted by Crippen LogP contribution is -2.21. The van der Waals surface area contributed by atoms with Crippen LogP contribution in [0.1, 0.15) is 23.2 Å². The first-order valence-corrected chi connectivity index (χ1v) is 7.25. The van der Waals surface area contributed by atoms with E-state index in [0.29, 0.717) is 11.3 Å². The number of nitrogens with zero attached hydrogens (tertiary/aromatic N) is 1. The van der Waals surface area contributed by atoms with Gasteiger partial charge in [0.15, 0.2) is 0 Å². The number of carbonyl (C=O) groups is 1. The average molecular weight is 302 g/mol. The molecular weight excluding hydrogens is 286 g/mol. The number of benzene rings is 2. The van der Waals surface area contributed by atoms with Gasteiger partial charge in [0.1, 0.15) is 11.6 Å². The van der Waals surface area contributed by atoms with Crippen LogP contribution in [0.4, 0.5) is 20.2 Å². The molecule has 3 rings (SSSR count). The third kappa shape index (κ3) is 3.08. The second-order valence-corrected chi connectivity index (χ2v) is 5.32. The Kier molecular flexibility index (Phi) is 4.04. The molecule has 1 aliphatic heterocycles. The van der Waals surface area contributed by atoms with E-state index >= 15 is 0 Å². The zero-order valence-corrected chi connectivity index (χ0v) is 12.0. The Morgan fingerprint density at radius 1 is 0.955 bits per heavy atom. The lowest BCUT2D eigenvalue weighted by atomic mass is 10.2. The quantitative estimate of drug-likeness (QED) is 0.935. The van der Waals surface area contributed by atoms with Gasteiger partial charge in [0.25, 0.3) is 5.91 Å². The fourth-order valence-electron chi connectivity index (χ4n) is 2.64. The summed E-state index contributed by atoms with van der Waals surface area (Å²) in [6.45, 7) is 1.79. The predicted molar refractivity (Wildman–Crippen MR) is 82.2 cm³/mol. The summed E-state index contributed by atoms with van der Waals surface area (Å²) < 4.78 is 26.4. The highest BCUT2D eigenvalue weighted by molar-refractivity contribution is 6.05. The summed E-state index contributed by atoms with van der Waals surface area (Å²) in [7, 11) is 0. The molecule has 2 aromatic rings. The van der Waals surface area contributed by atoms with E-state index in [4.69, 9.17) is 0 Å². The summed E-state index contributed by atoms with van der Waals surface area (Å²) in [6.07, 6.45) is 2.17. The minimum Gasteiger partial charge on any atom is -0.370 e. The minimum absolute atomic E-state index is 0.332. The Morgan fingerprint density at radius 2 is 1.59 bits per heavy atom. The molecule has 0 unspecified atom stereocenters. The van der Waals surface area contributed by atoms with Gasteiger partial charge in [-0.1, -0.05) is 0 Å². The zero-order valence-electron chi connectivity index (χ0n) is 12.0. The van der Waals surface area contributed by atoms with Gasteiger partial charge in [-0.3, -0.25) is 4.79 Å². The Hall–Kier alpha value is -2.43. The number of amides is 1. The van der Waals surface area contributed by atoms with Crippen LogP contribution >= 0.6 is 0 Å². The predicted octanol–water partition coefficient (Wildman–Crippen LogP) is 3.82. The maximum atomic E-state index is 13.5. The molecule has 0 atom stereocenters. The molecular formula is C17H16F2N2O. The first-order valence-electron chi connectivity index (χ1n) is 7.25. The fourth-order valence-corrected chi connectivity index (χ4v) is 2.64. The van der Waals surface area contributed by atoms with Gasteiger partial charge in [0, 0.05) is 18.7 Å². The van der Waals surface area contributed by atoms with Crippen LogP contribution in [-0.2, 0) is 0 Å². The maximum Gasteiger partial charge on any atom is 0.255 e. The second kappa shape index (κ2) is 6.13. The number of anilines is 2. The minimum atomic E-state index is -0.405. The molecule has 0 bridgehead atoms. The van der Waals surface area contributed by atoms with Gasteiger partial charge in [-0.2, -0.15) is 0 Å². The van der Waals surface area contributed by atoms with Crippen molar-refractivity contribution in [3.63, 3.8) is 0 Å². The van der Waals surface area contributed by atoms with Crippen LogP contribution in [0.15, 0.2) is 42.5 Å². The van der Waals surface area contributed by atoms with E-state index in [-0.39, 0.29) is 5.91 Å². The number of rotatable bonds is 3. The van der Waals surface area contributed by atoms with Crippen LogP contribution in [0.2, 0.25) is 0 Å². The Balaban J connectivity index is 1.85. The topological polar surface area (TPSA) is 32.3 Å². The van der Waals surface area contributed by atoms with Gasteiger partial charge < -0.3 is 10.2 Å². The smallest absolute Gasteiger partial charge is 0.255 e. The Bertz CT molecular complexity index is 680. The van der Waals surface area contributed by atoms with Crippen molar-refractivity contribution >= 4 is 17.3 Å². The van der Waals surface area contributed by atoms with Crippen molar-refractivity contribution in [2.45, 2.75) is 12.8 Å². The molecule has 5 heteroatoms. The van der Waals surface area contributed by atoms with Crippen LogP contribution < -0.4 is 10.2 Å². The van der Waals surface area contributed by atoms with E-state index in [1.807, 2.05) is 0 Å². The molecule has 1 aliphatic rings. The summed E-state index contributed by atoms with van der Waals surface area (Å²) >= 11 is 0. The molecule has 22 heavy (non-hydrogen) atoms. The first kappa shape index (κ1) is 14.5. The van der Waals surface area contributed by atoms with E-state index in [0.717, 1.165) is 31.6 Å². The number of nitrogens with one attached hydrogen (secondary N) is 1. The molecule has 1 amide bonds. The van der Waals surface area contributed by atoms with Crippen LogP contribution in [-0.4, -0.2) is 19.0 Å². The lowest BCUT2D eigenvalue weighted by molar-refractivity contribution is 0.102. The summed E-state index contributed by atoms with van der Waals surface area (Å²) in [6, 6.07) is 9.64. The van der Waals surface area contributed by atoms with Crippen molar-refractivity contribution < 1.29 is 13.6 Å². The molecule has 0 radical (unpaired) electrons. The Labute approximate surface area is 127 Å². The highest BCUT2D eigenvalue weighted by atomic mass is 19.1. The van der Waals surface area contributed by atoms with Crippen molar-refractivity contribution in [3.05, 3.63) is 59.7 Å². The number of halogens is 2. The molecule has 114 valence electrons. The van der Waals surface area contributed by atoms with Gasteiger partial charge in [-0.25, -0.2) is 8.78 Å². The molecule has 0 saturated carbocycles. The molecule has 1 heterocycles. The maximum absolute atomic E-state index is 13.5. The van der Waals surface area contributed by atoms with Crippen molar-refractivity contribution in [2.75, 3.05) is 23.3 Å². The van der Waals surface area contributed by atoms with E-state index in [2.05, 4.69) is 10.2 Å². The second-order valence-electron chi connectivity index (χ2n) is 5.32. The molecule has 2 aromatic carbocycles. The summed E-state index contributed by atoms with van der Waals surface area (Å²) in [5.74, 6) is -1.19. The summed E-state index contributed by atoms with van der Waals surface area (Å²) in [5, 5.41) is 2.72. The number of hydrogen-bond acceptors (Lipinski definition) is 2. The molecule has 0 aliphatic carbocycles.